The molecule has 25 heavy (non-hydrogen) atoms. The van der Waals surface area contributed by atoms with E-state index < -0.39 is 11.2 Å². The Bertz CT molecular complexity index is 1130. The Morgan fingerprint density at radius 2 is 1.88 bits per heavy atom. The summed E-state index contributed by atoms with van der Waals surface area (Å²) in [6.07, 6.45) is 1.61. The number of rotatable bonds is 3. The van der Waals surface area contributed by atoms with Gasteiger partial charge in [0.1, 0.15) is 5.39 Å². The van der Waals surface area contributed by atoms with Gasteiger partial charge in [0.25, 0.3) is 5.56 Å². The molecule has 3 aromatic rings. The fraction of sp³-hybridized carbons (Fsp3) is 0.222. The molecule has 0 aliphatic heterocycles. The lowest BCUT2D eigenvalue weighted by molar-refractivity contribution is 0.101. The van der Waals surface area contributed by atoms with E-state index >= 15 is 0 Å². The molecule has 0 amide bonds. The summed E-state index contributed by atoms with van der Waals surface area (Å²) in [6.45, 7) is 3.33. The third-order valence-corrected chi connectivity index (χ3v) is 4.20. The summed E-state index contributed by atoms with van der Waals surface area (Å²) in [6, 6.07) is 7.03. The van der Waals surface area contributed by atoms with E-state index in [0.29, 0.717) is 28.0 Å². The molecule has 0 fully saturated rings. The molecule has 0 aliphatic carbocycles. The van der Waals surface area contributed by atoms with Crippen LogP contribution in [-0.4, -0.2) is 19.9 Å². The normalized spacial score (nSPS) is 10.9. The number of carbonyl (C=O) groups excluding carboxylic acids is 1. The van der Waals surface area contributed by atoms with Crippen molar-refractivity contribution >= 4 is 28.2 Å². The van der Waals surface area contributed by atoms with Crippen molar-refractivity contribution in [2.24, 2.45) is 14.1 Å². The molecule has 0 atom stereocenters. The molecule has 7 heteroatoms. The maximum absolute atomic E-state index is 12.7. The molecule has 0 radical (unpaired) electrons. The van der Waals surface area contributed by atoms with Crippen LogP contribution < -0.4 is 16.6 Å². The number of carbonyl (C=O) groups is 1. The van der Waals surface area contributed by atoms with E-state index in [4.69, 9.17) is 0 Å². The molecular formula is C18H18N4O3. The van der Waals surface area contributed by atoms with Crippen LogP contribution in [0, 0.1) is 6.92 Å². The fourth-order valence-corrected chi connectivity index (χ4v) is 2.74. The van der Waals surface area contributed by atoms with Crippen molar-refractivity contribution in [1.82, 2.24) is 14.1 Å². The van der Waals surface area contributed by atoms with Crippen molar-refractivity contribution < 1.29 is 4.79 Å². The maximum Gasteiger partial charge on any atom is 0.332 e. The minimum atomic E-state index is -0.432. The number of fused-ring (bicyclic) bond motifs is 1. The number of benzene rings is 1. The van der Waals surface area contributed by atoms with Crippen LogP contribution in [0.5, 0.6) is 0 Å². The van der Waals surface area contributed by atoms with E-state index in [2.05, 4.69) is 10.3 Å². The van der Waals surface area contributed by atoms with Crippen molar-refractivity contribution in [2.75, 3.05) is 5.32 Å². The van der Waals surface area contributed by atoms with Crippen LogP contribution in [0.1, 0.15) is 22.8 Å². The number of ketones is 1. The summed E-state index contributed by atoms with van der Waals surface area (Å²) < 4.78 is 2.40. The summed E-state index contributed by atoms with van der Waals surface area (Å²) in [5.41, 5.74) is 2.04. The summed E-state index contributed by atoms with van der Waals surface area (Å²) in [5, 5.41) is 3.54. The fourth-order valence-electron chi connectivity index (χ4n) is 2.74. The highest BCUT2D eigenvalue weighted by molar-refractivity contribution is 5.96. The van der Waals surface area contributed by atoms with Gasteiger partial charge in [-0.1, -0.05) is 12.1 Å². The highest BCUT2D eigenvalue weighted by Crippen LogP contribution is 2.26. The van der Waals surface area contributed by atoms with Crippen LogP contribution in [0.15, 0.2) is 40.1 Å². The Morgan fingerprint density at radius 3 is 2.56 bits per heavy atom. The van der Waals surface area contributed by atoms with Gasteiger partial charge in [-0.05, 0) is 31.5 Å². The van der Waals surface area contributed by atoms with Crippen LogP contribution in [0.3, 0.4) is 0 Å². The molecule has 0 saturated heterocycles. The predicted molar refractivity (Wildman–Crippen MR) is 96.7 cm³/mol. The molecule has 7 nitrogen and oxygen atoms in total. The molecule has 128 valence electrons. The van der Waals surface area contributed by atoms with Gasteiger partial charge in [0.2, 0.25) is 0 Å². The van der Waals surface area contributed by atoms with Crippen molar-refractivity contribution in [2.45, 2.75) is 13.8 Å². The average molecular weight is 338 g/mol. The predicted octanol–water partition coefficient (Wildman–Crippen LogP) is 1.89. The SMILES string of the molecule is CC(=O)c1cccc(Nc2c(C)cnc3c2c(=O)n(C)c(=O)n3C)c1. The monoisotopic (exact) mass is 338 g/mol. The zero-order valence-corrected chi connectivity index (χ0v) is 14.5. The molecule has 0 unspecified atom stereocenters. The molecule has 3 rings (SSSR count). The Hall–Kier alpha value is -3.22. The number of aryl methyl sites for hydroxylation is 2. The smallest absolute Gasteiger partial charge is 0.332 e. The Morgan fingerprint density at radius 1 is 1.16 bits per heavy atom. The van der Waals surface area contributed by atoms with Crippen molar-refractivity contribution in [3.63, 3.8) is 0 Å². The second kappa shape index (κ2) is 6.01. The van der Waals surface area contributed by atoms with Crippen molar-refractivity contribution in [1.29, 1.82) is 0 Å². The van der Waals surface area contributed by atoms with E-state index in [0.717, 1.165) is 10.1 Å². The van der Waals surface area contributed by atoms with E-state index in [1.165, 1.54) is 18.5 Å². The molecular weight excluding hydrogens is 320 g/mol. The molecule has 1 aromatic carbocycles. The quantitative estimate of drug-likeness (QED) is 0.737. The standard InChI is InChI=1S/C18H18N4O3/c1-10-9-19-16-14(17(24)22(4)18(25)21(16)3)15(10)20-13-7-5-6-12(8-13)11(2)23/h5-9H,1-4H3,(H,19,20). The lowest BCUT2D eigenvalue weighted by Crippen LogP contribution is -2.37. The first-order chi connectivity index (χ1) is 11.8. The topological polar surface area (TPSA) is 86.0 Å². The highest BCUT2D eigenvalue weighted by Gasteiger charge is 2.16. The van der Waals surface area contributed by atoms with Crippen molar-refractivity contribution in [3.05, 3.63) is 62.4 Å². The maximum atomic E-state index is 12.7. The number of nitrogens with zero attached hydrogens (tertiary/aromatic N) is 3. The number of hydrogen-bond acceptors (Lipinski definition) is 5. The third kappa shape index (κ3) is 2.73. The molecule has 0 saturated carbocycles. The first kappa shape index (κ1) is 16.6. The Kier molecular flexibility index (Phi) is 4.00. The zero-order valence-electron chi connectivity index (χ0n) is 14.5. The number of Topliss-reactive ketones (excluding diaryl/α,β-unsaturated/α-hetero) is 1. The first-order valence-corrected chi connectivity index (χ1v) is 7.74. The first-order valence-electron chi connectivity index (χ1n) is 7.74. The Balaban J connectivity index is 2.28. The van der Waals surface area contributed by atoms with Gasteiger partial charge in [0.15, 0.2) is 11.4 Å². The number of hydrogen-bond donors (Lipinski definition) is 1. The lowest BCUT2D eigenvalue weighted by atomic mass is 10.1. The van der Waals surface area contributed by atoms with Crippen LogP contribution in [0.4, 0.5) is 11.4 Å². The molecule has 0 bridgehead atoms. The molecule has 1 N–H and O–H groups in total. The number of nitrogens with one attached hydrogen (secondary N) is 1. The second-order valence-electron chi connectivity index (χ2n) is 5.98. The lowest BCUT2D eigenvalue weighted by Gasteiger charge is -2.15. The van der Waals surface area contributed by atoms with Gasteiger partial charge in [-0.15, -0.1) is 0 Å². The average Bonchev–Trinajstić information content (AvgIpc) is 2.60. The van der Waals surface area contributed by atoms with Gasteiger partial charge in [-0.25, -0.2) is 9.78 Å². The molecule has 0 spiro atoms. The van der Waals surface area contributed by atoms with Crippen LogP contribution >= 0.6 is 0 Å². The van der Waals surface area contributed by atoms with Crippen molar-refractivity contribution in [3.8, 4) is 0 Å². The van der Waals surface area contributed by atoms with Gasteiger partial charge in [0, 0.05) is 31.5 Å². The minimum absolute atomic E-state index is 0.0433. The van der Waals surface area contributed by atoms with Crippen LogP contribution in [0.2, 0.25) is 0 Å². The van der Waals surface area contributed by atoms with Gasteiger partial charge in [0.05, 0.1) is 5.69 Å². The van der Waals surface area contributed by atoms with E-state index in [-0.39, 0.29) is 5.78 Å². The van der Waals surface area contributed by atoms with Crippen LogP contribution in [-0.2, 0) is 14.1 Å². The minimum Gasteiger partial charge on any atom is -0.354 e. The van der Waals surface area contributed by atoms with Gasteiger partial charge < -0.3 is 5.32 Å². The second-order valence-corrected chi connectivity index (χ2v) is 5.98. The summed E-state index contributed by atoms with van der Waals surface area (Å²) in [7, 11) is 3.01. The number of anilines is 2. The summed E-state index contributed by atoms with van der Waals surface area (Å²) in [4.78, 5) is 40.6. The van der Waals surface area contributed by atoms with E-state index in [1.54, 1.807) is 31.4 Å². The Labute approximate surface area is 143 Å². The number of pyridine rings is 1. The van der Waals surface area contributed by atoms with Gasteiger partial charge in [-0.2, -0.15) is 0 Å². The summed E-state index contributed by atoms with van der Waals surface area (Å²) >= 11 is 0. The van der Waals surface area contributed by atoms with Gasteiger partial charge >= 0.3 is 5.69 Å². The molecule has 0 aliphatic rings. The number of aromatic nitrogens is 3. The van der Waals surface area contributed by atoms with Gasteiger partial charge in [-0.3, -0.25) is 18.7 Å². The molecule has 2 heterocycles. The largest absolute Gasteiger partial charge is 0.354 e. The molecule has 2 aromatic heterocycles. The highest BCUT2D eigenvalue weighted by atomic mass is 16.2. The van der Waals surface area contributed by atoms with E-state index in [1.807, 2.05) is 13.0 Å². The summed E-state index contributed by atoms with van der Waals surface area (Å²) in [5.74, 6) is -0.0433. The third-order valence-electron chi connectivity index (χ3n) is 4.20. The van der Waals surface area contributed by atoms with E-state index in [9.17, 15) is 14.4 Å². The zero-order chi connectivity index (χ0) is 18.3. The van der Waals surface area contributed by atoms with Crippen LogP contribution in [0.25, 0.3) is 11.0 Å².